The van der Waals surface area contributed by atoms with E-state index >= 15 is 0 Å². The topological polar surface area (TPSA) is 68.8 Å². The molecule has 3 fully saturated rings. The van der Waals surface area contributed by atoms with E-state index in [-0.39, 0.29) is 48.1 Å². The van der Waals surface area contributed by atoms with Crippen LogP contribution in [0.25, 0.3) is 0 Å². The molecule has 2 heterocycles. The van der Waals surface area contributed by atoms with Gasteiger partial charge < -0.3 is 24.7 Å². The normalized spacial score (nSPS) is 39.6. The van der Waals surface area contributed by atoms with Crippen LogP contribution in [0.5, 0.6) is 0 Å². The van der Waals surface area contributed by atoms with Crippen molar-refractivity contribution in [3.05, 3.63) is 0 Å². The molecule has 1 saturated carbocycles. The maximum atomic E-state index is 12.0. The molecule has 0 bridgehead atoms. The smallest absolute Gasteiger partial charge is 0.462 e. The Morgan fingerprint density at radius 2 is 1.77 bits per heavy atom. The van der Waals surface area contributed by atoms with E-state index in [1.165, 1.54) is 7.11 Å². The average molecular weight is 310 g/mol. The molecule has 0 aromatic carbocycles. The predicted molar refractivity (Wildman–Crippen MR) is 83.3 cm³/mol. The third-order valence-corrected chi connectivity index (χ3v) is 5.85. The van der Waals surface area contributed by atoms with Crippen LogP contribution in [-0.4, -0.2) is 50.2 Å². The number of carbonyl (C=O) groups is 1. The van der Waals surface area contributed by atoms with Crippen LogP contribution in [0.3, 0.4) is 0 Å². The van der Waals surface area contributed by atoms with Gasteiger partial charge in [0.05, 0.1) is 24.2 Å². The molecule has 0 aromatic heterocycles. The summed E-state index contributed by atoms with van der Waals surface area (Å²) >= 11 is 0. The number of methoxy groups -OCH3 is 1. The SMILES string of the molecule is COC(=O)C1CC2NCNC2C(B2OC(C)(C)C(C)(C)O2)C1. The molecule has 4 atom stereocenters. The summed E-state index contributed by atoms with van der Waals surface area (Å²) < 4.78 is 17.4. The molecule has 0 aromatic rings. The second kappa shape index (κ2) is 5.48. The molecule has 7 heteroatoms. The molecule has 2 aliphatic heterocycles. The van der Waals surface area contributed by atoms with Crippen molar-refractivity contribution >= 4 is 13.1 Å². The van der Waals surface area contributed by atoms with E-state index < -0.39 is 0 Å². The third kappa shape index (κ3) is 2.58. The summed E-state index contributed by atoms with van der Waals surface area (Å²) in [6.07, 6.45) is 1.54. The molecular formula is C15H27BN2O4. The molecule has 6 nitrogen and oxygen atoms in total. The first-order valence-corrected chi connectivity index (χ1v) is 8.15. The van der Waals surface area contributed by atoms with Crippen LogP contribution < -0.4 is 10.6 Å². The summed E-state index contributed by atoms with van der Waals surface area (Å²) in [5.74, 6) is -0.0877. The number of nitrogens with one attached hydrogen (secondary N) is 2. The van der Waals surface area contributed by atoms with Gasteiger partial charge >= 0.3 is 13.1 Å². The Morgan fingerprint density at radius 3 is 2.36 bits per heavy atom. The Hall–Kier alpha value is -0.625. The van der Waals surface area contributed by atoms with Crippen molar-refractivity contribution in [1.29, 1.82) is 0 Å². The van der Waals surface area contributed by atoms with Gasteiger partial charge in [0.15, 0.2) is 0 Å². The zero-order chi connectivity index (χ0) is 16.1. The van der Waals surface area contributed by atoms with Crippen LogP contribution >= 0.6 is 0 Å². The zero-order valence-electron chi connectivity index (χ0n) is 14.1. The predicted octanol–water partition coefficient (Wildman–Crippen LogP) is 0.919. The number of esters is 1. The lowest BCUT2D eigenvalue weighted by molar-refractivity contribution is -0.146. The Bertz CT molecular complexity index is 441. The maximum Gasteiger partial charge on any atom is 0.462 e. The van der Waals surface area contributed by atoms with Crippen molar-refractivity contribution in [2.45, 2.75) is 69.6 Å². The summed E-state index contributed by atoms with van der Waals surface area (Å²) in [6.45, 7) is 9.01. The highest BCUT2D eigenvalue weighted by Gasteiger charge is 2.58. The minimum atomic E-state index is -0.350. The van der Waals surface area contributed by atoms with Gasteiger partial charge in [0, 0.05) is 24.6 Å². The summed E-state index contributed by atoms with van der Waals surface area (Å²) in [6, 6.07) is 0.539. The lowest BCUT2D eigenvalue weighted by Gasteiger charge is -2.37. The van der Waals surface area contributed by atoms with Crippen LogP contribution in [0.1, 0.15) is 40.5 Å². The second-order valence-electron chi connectivity index (χ2n) is 7.70. The summed E-state index contributed by atoms with van der Waals surface area (Å²) in [5, 5.41) is 6.93. The van der Waals surface area contributed by atoms with E-state index in [0.717, 1.165) is 19.5 Å². The van der Waals surface area contributed by atoms with Crippen molar-refractivity contribution in [3.63, 3.8) is 0 Å². The summed E-state index contributed by atoms with van der Waals surface area (Å²) in [5.41, 5.74) is -0.700. The molecule has 2 saturated heterocycles. The molecule has 2 N–H and O–H groups in total. The molecule has 22 heavy (non-hydrogen) atoms. The van der Waals surface area contributed by atoms with E-state index in [9.17, 15) is 4.79 Å². The van der Waals surface area contributed by atoms with Crippen molar-refractivity contribution in [1.82, 2.24) is 10.6 Å². The fourth-order valence-corrected chi connectivity index (χ4v) is 3.84. The average Bonchev–Trinajstić information content (AvgIpc) is 2.99. The molecule has 124 valence electrons. The zero-order valence-corrected chi connectivity index (χ0v) is 14.1. The largest absolute Gasteiger partial charge is 0.469 e. The number of carbonyl (C=O) groups excluding carboxylic acids is 1. The monoisotopic (exact) mass is 310 g/mol. The minimum Gasteiger partial charge on any atom is -0.469 e. The van der Waals surface area contributed by atoms with Crippen LogP contribution in [0.2, 0.25) is 5.82 Å². The molecule has 0 radical (unpaired) electrons. The van der Waals surface area contributed by atoms with Crippen LogP contribution in [0.4, 0.5) is 0 Å². The van der Waals surface area contributed by atoms with Crippen molar-refractivity contribution < 1.29 is 18.8 Å². The van der Waals surface area contributed by atoms with Gasteiger partial charge in [-0.2, -0.15) is 0 Å². The van der Waals surface area contributed by atoms with Gasteiger partial charge in [0.1, 0.15) is 0 Å². The first-order chi connectivity index (χ1) is 10.2. The number of fused-ring (bicyclic) bond motifs is 1. The standard InChI is InChI=1S/C15H27BN2O4/c1-14(2)15(3,4)22-16(21-14)10-6-9(13(19)20-5)7-11-12(10)18-8-17-11/h9-12,17-18H,6-8H2,1-5H3. The lowest BCUT2D eigenvalue weighted by atomic mass is 9.58. The molecule has 3 aliphatic rings. The first kappa shape index (κ1) is 16.2. The Balaban J connectivity index is 1.80. The minimum absolute atomic E-state index is 0.0947. The van der Waals surface area contributed by atoms with Gasteiger partial charge in [-0.1, -0.05) is 0 Å². The molecular weight excluding hydrogens is 283 g/mol. The summed E-state index contributed by atoms with van der Waals surface area (Å²) in [4.78, 5) is 12.0. The van der Waals surface area contributed by atoms with E-state index in [1.807, 2.05) is 0 Å². The quantitative estimate of drug-likeness (QED) is 0.584. The van der Waals surface area contributed by atoms with Crippen molar-refractivity contribution in [2.24, 2.45) is 5.92 Å². The van der Waals surface area contributed by atoms with E-state index in [0.29, 0.717) is 0 Å². The van der Waals surface area contributed by atoms with E-state index in [2.05, 4.69) is 38.3 Å². The highest BCUT2D eigenvalue weighted by molar-refractivity contribution is 6.47. The molecule has 1 aliphatic carbocycles. The fourth-order valence-electron chi connectivity index (χ4n) is 3.84. The molecule has 4 unspecified atom stereocenters. The molecule has 0 spiro atoms. The Labute approximate surface area is 132 Å². The number of ether oxygens (including phenoxy) is 1. The van der Waals surface area contributed by atoms with Gasteiger partial charge in [0.2, 0.25) is 0 Å². The Kier molecular flexibility index (Phi) is 4.04. The van der Waals surface area contributed by atoms with Gasteiger partial charge in [-0.3, -0.25) is 4.79 Å². The van der Waals surface area contributed by atoms with Gasteiger partial charge in [-0.25, -0.2) is 0 Å². The third-order valence-electron chi connectivity index (χ3n) is 5.85. The number of hydrogen-bond donors (Lipinski definition) is 2. The van der Waals surface area contributed by atoms with Gasteiger partial charge in [-0.15, -0.1) is 0 Å². The number of hydrogen-bond acceptors (Lipinski definition) is 6. The van der Waals surface area contributed by atoms with E-state index in [1.54, 1.807) is 0 Å². The lowest BCUT2D eigenvalue weighted by Crippen LogP contribution is -2.50. The Morgan fingerprint density at radius 1 is 1.14 bits per heavy atom. The molecule has 3 rings (SSSR count). The number of rotatable bonds is 2. The van der Waals surface area contributed by atoms with Gasteiger partial charge in [-0.05, 0) is 40.5 Å². The van der Waals surface area contributed by atoms with Crippen LogP contribution in [-0.2, 0) is 18.8 Å². The summed E-state index contributed by atoms with van der Waals surface area (Å²) in [7, 11) is 1.16. The van der Waals surface area contributed by atoms with Crippen LogP contribution in [0.15, 0.2) is 0 Å². The first-order valence-electron chi connectivity index (χ1n) is 8.15. The fraction of sp³-hybridized carbons (Fsp3) is 0.933. The highest BCUT2D eigenvalue weighted by atomic mass is 16.7. The van der Waals surface area contributed by atoms with E-state index in [4.69, 9.17) is 14.0 Å². The van der Waals surface area contributed by atoms with Gasteiger partial charge in [0.25, 0.3) is 0 Å². The molecule has 0 amide bonds. The highest BCUT2D eigenvalue weighted by Crippen LogP contribution is 2.46. The van der Waals surface area contributed by atoms with Crippen molar-refractivity contribution in [2.75, 3.05) is 13.8 Å². The van der Waals surface area contributed by atoms with Crippen LogP contribution in [0, 0.1) is 5.92 Å². The maximum absolute atomic E-state index is 12.0. The van der Waals surface area contributed by atoms with Crippen molar-refractivity contribution in [3.8, 4) is 0 Å². The second-order valence-corrected chi connectivity index (χ2v) is 7.70.